The molecule has 30 heavy (non-hydrogen) atoms. The molecule has 1 aromatic heterocycles. The molecule has 1 aromatic carbocycles. The standard InChI is InChI=1S/C20H24O10/c1-20(2,30-19-16(26)15(25)13(23)10(7-21)28-19)18-14(24)12-9(27-18)5-3-8-4-6-11(22)29-17(8)12/h3-6,10,13-16,18-19,21,23-26H,7H2,1-2H3/t10-,13-,14-,15+,16-,18+,19+/m1/s1. The topological polar surface area (TPSA) is 159 Å². The first-order chi connectivity index (χ1) is 14.1. The molecule has 1 saturated heterocycles. The van der Waals surface area contributed by atoms with Gasteiger partial charge in [-0.05, 0) is 32.0 Å². The van der Waals surface area contributed by atoms with Gasteiger partial charge in [0.2, 0.25) is 0 Å². The van der Waals surface area contributed by atoms with E-state index in [9.17, 15) is 30.3 Å². The molecule has 7 atom stereocenters. The van der Waals surface area contributed by atoms with Crippen LogP contribution < -0.4 is 10.4 Å². The van der Waals surface area contributed by atoms with Crippen molar-refractivity contribution in [2.24, 2.45) is 0 Å². The molecule has 0 spiro atoms. The van der Waals surface area contributed by atoms with E-state index in [-0.39, 0.29) is 5.58 Å². The quantitative estimate of drug-likeness (QED) is 0.393. The first kappa shape index (κ1) is 21.2. The van der Waals surface area contributed by atoms with Crippen LogP contribution in [-0.2, 0) is 9.47 Å². The largest absolute Gasteiger partial charge is 0.484 e. The van der Waals surface area contributed by atoms with Crippen LogP contribution in [0.25, 0.3) is 11.0 Å². The van der Waals surface area contributed by atoms with Gasteiger partial charge in [-0.2, -0.15) is 0 Å². The van der Waals surface area contributed by atoms with E-state index in [0.717, 1.165) is 0 Å². The summed E-state index contributed by atoms with van der Waals surface area (Å²) in [6.07, 6.45) is -9.44. The second-order valence-corrected chi connectivity index (χ2v) is 8.05. The first-order valence-electron chi connectivity index (χ1n) is 9.54. The predicted molar refractivity (Wildman–Crippen MR) is 101 cm³/mol. The van der Waals surface area contributed by atoms with Gasteiger partial charge < -0.3 is 44.2 Å². The van der Waals surface area contributed by atoms with E-state index in [1.54, 1.807) is 32.0 Å². The molecule has 0 aliphatic carbocycles. The summed E-state index contributed by atoms with van der Waals surface area (Å²) in [6, 6.07) is 6.19. The summed E-state index contributed by atoms with van der Waals surface area (Å²) >= 11 is 0. The fraction of sp³-hybridized carbons (Fsp3) is 0.550. The smallest absolute Gasteiger partial charge is 0.336 e. The molecule has 3 heterocycles. The highest BCUT2D eigenvalue weighted by molar-refractivity contribution is 5.83. The molecule has 0 unspecified atom stereocenters. The number of benzene rings is 1. The lowest BCUT2D eigenvalue weighted by molar-refractivity contribution is -0.332. The van der Waals surface area contributed by atoms with Crippen molar-refractivity contribution in [1.82, 2.24) is 0 Å². The predicted octanol–water partition coefficient (Wildman–Crippen LogP) is -0.817. The van der Waals surface area contributed by atoms with Gasteiger partial charge in [-0.3, -0.25) is 0 Å². The van der Waals surface area contributed by atoms with Gasteiger partial charge in [0.1, 0.15) is 47.5 Å². The van der Waals surface area contributed by atoms with E-state index in [2.05, 4.69) is 0 Å². The monoisotopic (exact) mass is 424 g/mol. The molecule has 0 amide bonds. The van der Waals surface area contributed by atoms with Crippen LogP contribution in [-0.4, -0.2) is 74.6 Å². The van der Waals surface area contributed by atoms with Gasteiger partial charge in [-0.15, -0.1) is 0 Å². The molecule has 2 aliphatic heterocycles. The van der Waals surface area contributed by atoms with Gasteiger partial charge in [0.05, 0.1) is 12.2 Å². The summed E-state index contributed by atoms with van der Waals surface area (Å²) in [4.78, 5) is 11.7. The number of fused-ring (bicyclic) bond motifs is 3. The van der Waals surface area contributed by atoms with Crippen molar-refractivity contribution in [2.45, 2.75) is 62.4 Å². The summed E-state index contributed by atoms with van der Waals surface area (Å²) in [5.74, 6) is 0.319. The van der Waals surface area contributed by atoms with Crippen molar-refractivity contribution < 1.29 is 44.2 Å². The molecule has 10 nitrogen and oxygen atoms in total. The zero-order valence-electron chi connectivity index (χ0n) is 16.3. The van der Waals surface area contributed by atoms with E-state index in [1.807, 2.05) is 0 Å². The summed E-state index contributed by atoms with van der Waals surface area (Å²) < 4.78 is 22.4. The van der Waals surface area contributed by atoms with E-state index in [1.165, 1.54) is 6.07 Å². The molecule has 0 saturated carbocycles. The molecular weight excluding hydrogens is 400 g/mol. The van der Waals surface area contributed by atoms with Gasteiger partial charge in [0.15, 0.2) is 12.4 Å². The maximum atomic E-state index is 11.7. The summed E-state index contributed by atoms with van der Waals surface area (Å²) in [6.45, 7) is 2.59. The van der Waals surface area contributed by atoms with Crippen LogP contribution >= 0.6 is 0 Å². The molecule has 4 rings (SSSR count). The Morgan fingerprint density at radius 2 is 1.73 bits per heavy atom. The molecule has 0 radical (unpaired) electrons. The molecular formula is C20H24O10. The Labute approximate surface area is 170 Å². The molecule has 5 N–H and O–H groups in total. The number of hydrogen-bond donors (Lipinski definition) is 5. The number of ether oxygens (including phenoxy) is 3. The van der Waals surface area contributed by atoms with Crippen LogP contribution in [0.4, 0.5) is 0 Å². The van der Waals surface area contributed by atoms with Crippen LogP contribution in [0.3, 0.4) is 0 Å². The molecule has 2 aliphatic rings. The van der Waals surface area contributed by atoms with Crippen molar-refractivity contribution >= 4 is 11.0 Å². The first-order valence-corrected chi connectivity index (χ1v) is 9.54. The fourth-order valence-electron chi connectivity index (χ4n) is 3.92. The van der Waals surface area contributed by atoms with Gasteiger partial charge in [-0.1, -0.05) is 0 Å². The van der Waals surface area contributed by atoms with E-state index in [4.69, 9.17) is 18.6 Å². The summed E-state index contributed by atoms with van der Waals surface area (Å²) in [7, 11) is 0. The van der Waals surface area contributed by atoms with Crippen molar-refractivity contribution in [3.8, 4) is 5.75 Å². The SMILES string of the molecule is CC(C)(O[C@@H]1O[C@H](CO)[C@@H](O)[C@H](O)[C@H]1O)[C@H]1Oc2ccc3ccc(=O)oc3c2[C@H]1O. The molecule has 164 valence electrons. The molecule has 2 aromatic rings. The van der Waals surface area contributed by atoms with Gasteiger partial charge >= 0.3 is 5.63 Å². The van der Waals surface area contributed by atoms with Crippen LogP contribution in [0.5, 0.6) is 5.75 Å². The zero-order valence-corrected chi connectivity index (χ0v) is 16.3. The minimum Gasteiger partial charge on any atom is -0.484 e. The second-order valence-electron chi connectivity index (χ2n) is 8.05. The lowest BCUT2D eigenvalue weighted by Crippen LogP contribution is -2.61. The van der Waals surface area contributed by atoms with Crippen LogP contribution in [0, 0.1) is 0 Å². The molecule has 1 fully saturated rings. The Kier molecular flexibility index (Phi) is 5.35. The lowest BCUT2D eigenvalue weighted by atomic mass is 9.92. The lowest BCUT2D eigenvalue weighted by Gasteiger charge is -2.44. The van der Waals surface area contributed by atoms with Crippen LogP contribution in [0.2, 0.25) is 0 Å². The maximum Gasteiger partial charge on any atom is 0.336 e. The number of aliphatic hydroxyl groups is 5. The summed E-state index contributed by atoms with van der Waals surface area (Å²) in [5.41, 5.74) is -1.32. The van der Waals surface area contributed by atoms with Crippen LogP contribution in [0.15, 0.2) is 33.5 Å². The zero-order chi connectivity index (χ0) is 21.8. The average molecular weight is 424 g/mol. The van der Waals surface area contributed by atoms with Gasteiger partial charge in [0, 0.05) is 11.5 Å². The molecule has 0 bridgehead atoms. The number of rotatable bonds is 4. The van der Waals surface area contributed by atoms with Crippen molar-refractivity contribution in [1.29, 1.82) is 0 Å². The Morgan fingerprint density at radius 1 is 1.03 bits per heavy atom. The minimum atomic E-state index is -1.60. The van der Waals surface area contributed by atoms with E-state index in [0.29, 0.717) is 16.7 Å². The maximum absolute atomic E-state index is 11.7. The van der Waals surface area contributed by atoms with Crippen molar-refractivity contribution in [2.75, 3.05) is 6.61 Å². The van der Waals surface area contributed by atoms with Crippen molar-refractivity contribution in [3.05, 3.63) is 40.2 Å². The number of aliphatic hydroxyl groups excluding tert-OH is 5. The van der Waals surface area contributed by atoms with Crippen molar-refractivity contribution in [3.63, 3.8) is 0 Å². The Hall–Kier alpha value is -2.05. The highest BCUT2D eigenvalue weighted by Crippen LogP contribution is 2.45. The highest BCUT2D eigenvalue weighted by atomic mass is 16.7. The van der Waals surface area contributed by atoms with Gasteiger partial charge in [-0.25, -0.2) is 4.79 Å². The van der Waals surface area contributed by atoms with Crippen LogP contribution in [0.1, 0.15) is 25.5 Å². The third kappa shape index (κ3) is 3.40. The minimum absolute atomic E-state index is 0.207. The average Bonchev–Trinajstić information content (AvgIpc) is 3.06. The normalized spacial score (nSPS) is 34.0. The third-order valence-corrected chi connectivity index (χ3v) is 5.58. The van der Waals surface area contributed by atoms with Gasteiger partial charge in [0.25, 0.3) is 0 Å². The second kappa shape index (κ2) is 7.57. The Bertz CT molecular complexity index is 983. The van der Waals surface area contributed by atoms with E-state index < -0.39 is 60.7 Å². The Morgan fingerprint density at radius 3 is 2.43 bits per heavy atom. The fourth-order valence-corrected chi connectivity index (χ4v) is 3.92. The Balaban J connectivity index is 1.61. The number of hydrogen-bond acceptors (Lipinski definition) is 10. The van der Waals surface area contributed by atoms with E-state index >= 15 is 0 Å². The summed E-state index contributed by atoms with van der Waals surface area (Å²) in [5, 5.41) is 51.0. The highest BCUT2D eigenvalue weighted by Gasteiger charge is 2.51. The third-order valence-electron chi connectivity index (χ3n) is 5.58. The molecule has 10 heteroatoms.